The summed E-state index contributed by atoms with van der Waals surface area (Å²) >= 11 is 6.44. The second-order valence-corrected chi connectivity index (χ2v) is 8.63. The number of benzene rings is 2. The normalized spacial score (nSPS) is 10.9. The number of anilines is 1. The van der Waals surface area contributed by atoms with Crippen LogP contribution >= 0.6 is 39.0 Å². The van der Waals surface area contributed by atoms with Gasteiger partial charge in [0, 0.05) is 20.4 Å². The van der Waals surface area contributed by atoms with E-state index in [9.17, 15) is 4.79 Å². The van der Waals surface area contributed by atoms with E-state index in [1.54, 1.807) is 17.7 Å². The summed E-state index contributed by atoms with van der Waals surface area (Å²) in [6, 6.07) is 19.8. The monoisotopic (exact) mass is 455 g/mol. The summed E-state index contributed by atoms with van der Waals surface area (Å²) in [4.78, 5) is 23.1. The Morgan fingerprint density at radius 1 is 1.07 bits per heavy atom. The summed E-state index contributed by atoms with van der Waals surface area (Å²) < 4.78 is 0.977. The smallest absolute Gasteiger partial charge is 0.234 e. The number of carbonyl (C=O) groups is 1. The van der Waals surface area contributed by atoms with E-state index in [-0.39, 0.29) is 5.91 Å². The zero-order chi connectivity index (χ0) is 18.6. The molecule has 0 aliphatic rings. The van der Waals surface area contributed by atoms with Gasteiger partial charge in [0.15, 0.2) is 0 Å². The van der Waals surface area contributed by atoms with Crippen LogP contribution in [0.3, 0.4) is 0 Å². The van der Waals surface area contributed by atoms with Gasteiger partial charge < -0.3 is 5.32 Å². The average molecular weight is 456 g/mol. The lowest BCUT2D eigenvalue weighted by atomic mass is 10.2. The van der Waals surface area contributed by atoms with Crippen molar-refractivity contribution in [1.29, 1.82) is 0 Å². The molecule has 134 valence electrons. The summed E-state index contributed by atoms with van der Waals surface area (Å²) in [5, 5.41) is 4.71. The number of halogens is 1. The van der Waals surface area contributed by atoms with E-state index in [4.69, 9.17) is 0 Å². The fourth-order valence-corrected chi connectivity index (χ4v) is 4.66. The zero-order valence-corrected chi connectivity index (χ0v) is 17.3. The SMILES string of the molecule is O=C(CSc1ncnc2sc(-c3ccccc3)cc12)Nc1ccc(Br)cc1. The fraction of sp³-hybridized carbons (Fsp3) is 0.0500. The van der Waals surface area contributed by atoms with Crippen LogP contribution in [0.15, 0.2) is 76.5 Å². The molecule has 2 aromatic carbocycles. The van der Waals surface area contributed by atoms with Gasteiger partial charge >= 0.3 is 0 Å². The number of rotatable bonds is 5. The van der Waals surface area contributed by atoms with Crippen molar-refractivity contribution in [3.63, 3.8) is 0 Å². The van der Waals surface area contributed by atoms with E-state index in [1.807, 2.05) is 42.5 Å². The molecular weight excluding hydrogens is 442 g/mol. The van der Waals surface area contributed by atoms with Crippen LogP contribution in [0.5, 0.6) is 0 Å². The molecule has 27 heavy (non-hydrogen) atoms. The van der Waals surface area contributed by atoms with Crippen molar-refractivity contribution in [3.05, 3.63) is 71.5 Å². The molecule has 0 spiro atoms. The first-order valence-corrected chi connectivity index (χ1v) is 10.8. The minimum absolute atomic E-state index is 0.0624. The third-order valence-corrected chi connectivity index (χ3v) is 6.45. The summed E-state index contributed by atoms with van der Waals surface area (Å²) in [7, 11) is 0. The average Bonchev–Trinajstić information content (AvgIpc) is 3.14. The van der Waals surface area contributed by atoms with Crippen LogP contribution in [0.4, 0.5) is 5.69 Å². The quantitative estimate of drug-likeness (QED) is 0.302. The zero-order valence-electron chi connectivity index (χ0n) is 14.1. The van der Waals surface area contributed by atoms with E-state index < -0.39 is 0 Å². The van der Waals surface area contributed by atoms with Crippen LogP contribution in [-0.4, -0.2) is 21.6 Å². The van der Waals surface area contributed by atoms with Gasteiger partial charge in [-0.1, -0.05) is 58.0 Å². The summed E-state index contributed by atoms with van der Waals surface area (Å²) in [5.74, 6) is 0.228. The molecule has 4 aromatic rings. The number of nitrogens with zero attached hydrogens (tertiary/aromatic N) is 2. The van der Waals surface area contributed by atoms with Gasteiger partial charge in [0.1, 0.15) is 16.2 Å². The highest BCUT2D eigenvalue weighted by atomic mass is 79.9. The maximum atomic E-state index is 12.2. The van der Waals surface area contributed by atoms with Gasteiger partial charge in [-0.2, -0.15) is 0 Å². The molecule has 0 atom stereocenters. The molecule has 1 N–H and O–H groups in total. The Morgan fingerprint density at radius 3 is 2.63 bits per heavy atom. The van der Waals surface area contributed by atoms with Gasteiger partial charge in [-0.25, -0.2) is 9.97 Å². The van der Waals surface area contributed by atoms with Crippen molar-refractivity contribution in [3.8, 4) is 10.4 Å². The third kappa shape index (κ3) is 4.37. The number of hydrogen-bond donors (Lipinski definition) is 1. The first-order chi connectivity index (χ1) is 13.2. The van der Waals surface area contributed by atoms with Crippen molar-refractivity contribution in [2.24, 2.45) is 0 Å². The third-order valence-electron chi connectivity index (χ3n) is 3.82. The van der Waals surface area contributed by atoms with Gasteiger partial charge in [0.25, 0.3) is 0 Å². The molecular formula is C20H14BrN3OS2. The Hall–Kier alpha value is -2.22. The molecule has 0 bridgehead atoms. The minimum Gasteiger partial charge on any atom is -0.325 e. The van der Waals surface area contributed by atoms with Crippen molar-refractivity contribution in [2.45, 2.75) is 5.03 Å². The van der Waals surface area contributed by atoms with Crippen LogP contribution in [0.1, 0.15) is 0 Å². The second-order valence-electron chi connectivity index (χ2n) is 5.72. The highest BCUT2D eigenvalue weighted by molar-refractivity contribution is 9.10. The molecule has 4 rings (SSSR count). The molecule has 0 radical (unpaired) electrons. The summed E-state index contributed by atoms with van der Waals surface area (Å²) in [6.45, 7) is 0. The molecule has 4 nitrogen and oxygen atoms in total. The lowest BCUT2D eigenvalue weighted by Crippen LogP contribution is -2.14. The van der Waals surface area contributed by atoms with E-state index in [2.05, 4.69) is 49.4 Å². The Bertz CT molecular complexity index is 1080. The Labute approximate surface area is 173 Å². The number of fused-ring (bicyclic) bond motifs is 1. The van der Waals surface area contributed by atoms with Crippen molar-refractivity contribution in [1.82, 2.24) is 9.97 Å². The van der Waals surface area contributed by atoms with Gasteiger partial charge in [-0.05, 0) is 35.9 Å². The first kappa shape index (κ1) is 18.2. The number of thiophene rings is 1. The van der Waals surface area contributed by atoms with E-state index >= 15 is 0 Å². The van der Waals surface area contributed by atoms with Gasteiger partial charge in [-0.15, -0.1) is 11.3 Å². The number of aromatic nitrogens is 2. The second kappa shape index (κ2) is 8.21. The number of thioether (sulfide) groups is 1. The lowest BCUT2D eigenvalue weighted by molar-refractivity contribution is -0.113. The van der Waals surface area contributed by atoms with Crippen molar-refractivity contribution >= 4 is 60.8 Å². The number of amides is 1. The van der Waals surface area contributed by atoms with Crippen LogP contribution in [0, 0.1) is 0 Å². The van der Waals surface area contributed by atoms with E-state index in [1.165, 1.54) is 11.8 Å². The highest BCUT2D eigenvalue weighted by Crippen LogP contribution is 2.36. The largest absolute Gasteiger partial charge is 0.325 e. The van der Waals surface area contributed by atoms with Crippen LogP contribution in [-0.2, 0) is 4.79 Å². The van der Waals surface area contributed by atoms with E-state index in [0.29, 0.717) is 5.75 Å². The molecule has 1 amide bonds. The van der Waals surface area contributed by atoms with E-state index in [0.717, 1.165) is 35.8 Å². The first-order valence-electron chi connectivity index (χ1n) is 8.17. The Kier molecular flexibility index (Phi) is 5.52. The van der Waals surface area contributed by atoms with Crippen molar-refractivity contribution < 1.29 is 4.79 Å². The van der Waals surface area contributed by atoms with Crippen molar-refractivity contribution in [2.75, 3.05) is 11.1 Å². The molecule has 0 saturated heterocycles. The highest BCUT2D eigenvalue weighted by Gasteiger charge is 2.12. The molecule has 0 unspecified atom stereocenters. The van der Waals surface area contributed by atoms with Crippen LogP contribution in [0.25, 0.3) is 20.7 Å². The predicted molar refractivity (Wildman–Crippen MR) is 116 cm³/mol. The molecule has 0 aliphatic carbocycles. The molecule has 0 aliphatic heterocycles. The minimum atomic E-state index is -0.0624. The Morgan fingerprint density at radius 2 is 1.85 bits per heavy atom. The molecule has 2 heterocycles. The van der Waals surface area contributed by atoms with Gasteiger partial charge in [0.2, 0.25) is 5.91 Å². The number of hydrogen-bond acceptors (Lipinski definition) is 5. The fourth-order valence-electron chi connectivity index (χ4n) is 2.56. The maximum Gasteiger partial charge on any atom is 0.234 e. The molecule has 2 aromatic heterocycles. The molecule has 7 heteroatoms. The standard InChI is InChI=1S/C20H14BrN3OS2/c21-14-6-8-15(9-7-14)24-18(25)11-26-19-16-10-17(13-4-2-1-3-5-13)27-20(16)23-12-22-19/h1-10,12H,11H2,(H,24,25). The maximum absolute atomic E-state index is 12.2. The number of nitrogens with one attached hydrogen (secondary N) is 1. The molecule has 0 fully saturated rings. The van der Waals surface area contributed by atoms with Gasteiger partial charge in [0.05, 0.1) is 5.75 Å². The molecule has 0 saturated carbocycles. The lowest BCUT2D eigenvalue weighted by Gasteiger charge is -2.05. The van der Waals surface area contributed by atoms with Gasteiger partial charge in [-0.3, -0.25) is 4.79 Å². The van der Waals surface area contributed by atoms with Crippen LogP contribution < -0.4 is 5.32 Å². The van der Waals surface area contributed by atoms with Crippen LogP contribution in [0.2, 0.25) is 0 Å². The summed E-state index contributed by atoms with van der Waals surface area (Å²) in [6.07, 6.45) is 1.56. The predicted octanol–water partition coefficient (Wildman–Crippen LogP) is 5.85. The Balaban J connectivity index is 1.49. The topological polar surface area (TPSA) is 54.9 Å². The number of carbonyl (C=O) groups excluding carboxylic acids is 1. The summed E-state index contributed by atoms with van der Waals surface area (Å²) in [5.41, 5.74) is 1.93.